The van der Waals surface area contributed by atoms with Crippen molar-refractivity contribution < 1.29 is 13.2 Å². The van der Waals surface area contributed by atoms with Crippen LogP contribution in [0.4, 0.5) is 13.2 Å². The molecule has 0 aromatic heterocycles. The molecule has 0 amide bonds. The van der Waals surface area contributed by atoms with Crippen LogP contribution in [-0.4, -0.2) is 18.8 Å². The van der Waals surface area contributed by atoms with Crippen LogP contribution < -0.4 is 5.32 Å². The monoisotopic (exact) mass is 251 g/mol. The van der Waals surface area contributed by atoms with Crippen molar-refractivity contribution in [1.29, 1.82) is 0 Å². The Labute approximate surface area is 102 Å². The fourth-order valence-corrected chi connectivity index (χ4v) is 3.22. The van der Waals surface area contributed by atoms with Gasteiger partial charge in [-0.25, -0.2) is 0 Å². The van der Waals surface area contributed by atoms with Gasteiger partial charge in [0.05, 0.1) is 0 Å². The second-order valence-electron chi connectivity index (χ2n) is 6.24. The van der Waals surface area contributed by atoms with Crippen LogP contribution in [0.2, 0.25) is 0 Å². The molecule has 0 heterocycles. The first-order chi connectivity index (χ1) is 7.54. The molecule has 0 radical (unpaired) electrons. The molecule has 1 aliphatic carbocycles. The van der Waals surface area contributed by atoms with E-state index < -0.39 is 12.6 Å². The number of alkyl halides is 3. The minimum absolute atomic E-state index is 0.0216. The van der Waals surface area contributed by atoms with Crippen molar-refractivity contribution in [3.8, 4) is 0 Å². The van der Waals surface area contributed by atoms with Crippen LogP contribution in [0, 0.1) is 16.7 Å². The van der Waals surface area contributed by atoms with Gasteiger partial charge in [-0.3, -0.25) is 0 Å². The topological polar surface area (TPSA) is 12.0 Å². The van der Waals surface area contributed by atoms with Crippen LogP contribution >= 0.6 is 0 Å². The minimum atomic E-state index is -4.04. The second kappa shape index (κ2) is 4.45. The van der Waals surface area contributed by atoms with E-state index in [1.807, 2.05) is 6.92 Å². The number of nitrogens with one attached hydrogen (secondary N) is 1. The zero-order valence-corrected chi connectivity index (χ0v) is 11.4. The molecule has 0 spiro atoms. The Morgan fingerprint density at radius 3 is 1.88 bits per heavy atom. The summed E-state index contributed by atoms with van der Waals surface area (Å²) in [5.41, 5.74) is 0.261. The number of halogens is 3. The normalized spacial score (nSPS) is 24.7. The molecule has 0 aromatic carbocycles. The summed E-state index contributed by atoms with van der Waals surface area (Å²) < 4.78 is 36.9. The Balaban J connectivity index is 2.63. The van der Waals surface area contributed by atoms with E-state index in [1.165, 1.54) is 0 Å². The summed E-state index contributed by atoms with van der Waals surface area (Å²) in [6.07, 6.45) is -4.54. The molecule has 1 aliphatic rings. The summed E-state index contributed by atoms with van der Waals surface area (Å²) in [7, 11) is 0. The number of hydrogen-bond donors (Lipinski definition) is 1. The molecule has 4 heteroatoms. The van der Waals surface area contributed by atoms with Crippen molar-refractivity contribution in [2.75, 3.05) is 6.54 Å². The smallest absolute Gasteiger partial charge is 0.314 e. The largest absolute Gasteiger partial charge is 0.389 e. The third kappa shape index (κ3) is 2.95. The molecule has 1 fully saturated rings. The van der Waals surface area contributed by atoms with Crippen LogP contribution in [0.15, 0.2) is 0 Å². The fourth-order valence-electron chi connectivity index (χ4n) is 3.22. The summed E-state index contributed by atoms with van der Waals surface area (Å²) in [5.74, 6) is 0.331. The van der Waals surface area contributed by atoms with Crippen molar-refractivity contribution in [2.45, 2.75) is 59.7 Å². The Morgan fingerprint density at radius 1 is 1.12 bits per heavy atom. The molecule has 102 valence electrons. The zero-order valence-electron chi connectivity index (χ0n) is 11.4. The summed E-state index contributed by atoms with van der Waals surface area (Å²) in [6.45, 7) is 11.3. The summed E-state index contributed by atoms with van der Waals surface area (Å²) in [5, 5.41) is 3.23. The molecule has 17 heavy (non-hydrogen) atoms. The van der Waals surface area contributed by atoms with Gasteiger partial charge in [0, 0.05) is 12.5 Å². The molecule has 0 aliphatic heterocycles. The van der Waals surface area contributed by atoms with Gasteiger partial charge in [-0.05, 0) is 29.7 Å². The van der Waals surface area contributed by atoms with E-state index in [-0.39, 0.29) is 23.3 Å². The molecule has 0 aromatic rings. The van der Waals surface area contributed by atoms with Gasteiger partial charge in [-0.2, -0.15) is 13.2 Å². The molecule has 1 atom stereocenters. The average molecular weight is 251 g/mol. The predicted molar refractivity (Wildman–Crippen MR) is 63.8 cm³/mol. The molecule has 1 unspecified atom stereocenters. The van der Waals surface area contributed by atoms with Gasteiger partial charge in [0.25, 0.3) is 0 Å². The molecule has 0 saturated heterocycles. The fraction of sp³-hybridized carbons (Fsp3) is 1.00. The van der Waals surface area contributed by atoms with E-state index >= 15 is 0 Å². The van der Waals surface area contributed by atoms with Gasteiger partial charge in [-0.1, -0.05) is 34.6 Å². The molecule has 1 N–H and O–H groups in total. The molecular formula is C13H24F3N. The summed E-state index contributed by atoms with van der Waals surface area (Å²) >= 11 is 0. The first-order valence-electron chi connectivity index (χ1n) is 6.34. The van der Waals surface area contributed by atoms with Gasteiger partial charge >= 0.3 is 6.18 Å². The lowest BCUT2D eigenvalue weighted by Gasteiger charge is -2.21. The van der Waals surface area contributed by atoms with E-state index in [4.69, 9.17) is 0 Å². The second-order valence-corrected chi connectivity index (χ2v) is 6.24. The first kappa shape index (κ1) is 14.8. The molecule has 0 bridgehead atoms. The highest BCUT2D eigenvalue weighted by molar-refractivity contribution is 5.16. The van der Waals surface area contributed by atoms with Crippen molar-refractivity contribution in [2.24, 2.45) is 16.7 Å². The van der Waals surface area contributed by atoms with Gasteiger partial charge in [0.1, 0.15) is 0 Å². The molecule has 1 rings (SSSR count). The minimum Gasteiger partial charge on any atom is -0.314 e. The third-order valence-corrected chi connectivity index (χ3v) is 4.74. The summed E-state index contributed by atoms with van der Waals surface area (Å²) in [6, 6.07) is -0.0216. The third-order valence-electron chi connectivity index (χ3n) is 4.74. The van der Waals surface area contributed by atoms with E-state index in [1.54, 1.807) is 0 Å². The van der Waals surface area contributed by atoms with Gasteiger partial charge in [0.15, 0.2) is 0 Å². The van der Waals surface area contributed by atoms with E-state index in [0.29, 0.717) is 5.92 Å². The average Bonchev–Trinajstić information content (AvgIpc) is 2.51. The predicted octanol–water partition coefficient (Wildman–Crippen LogP) is 3.99. The highest BCUT2D eigenvalue weighted by Gasteiger charge is 2.66. The molecule has 1 saturated carbocycles. The van der Waals surface area contributed by atoms with Crippen LogP contribution in [0.5, 0.6) is 0 Å². The Kier molecular flexibility index (Phi) is 3.88. The zero-order chi connectivity index (χ0) is 13.5. The quantitative estimate of drug-likeness (QED) is 0.779. The van der Waals surface area contributed by atoms with Gasteiger partial charge in [-0.15, -0.1) is 0 Å². The van der Waals surface area contributed by atoms with Crippen LogP contribution in [0.1, 0.15) is 47.5 Å². The van der Waals surface area contributed by atoms with Crippen molar-refractivity contribution in [3.05, 3.63) is 0 Å². The Bertz CT molecular complexity index is 254. The maximum Gasteiger partial charge on any atom is 0.389 e. The maximum absolute atomic E-state index is 12.3. The SMILES string of the molecule is CCNC(CCC(F)(F)F)C1C(C)(C)C1(C)C. The standard InChI is InChI=1S/C13H24F3N/c1-6-17-9(7-8-13(14,15)16)10-11(2,3)12(10,4)5/h9-10,17H,6-8H2,1-5H3. The van der Waals surface area contributed by atoms with Crippen molar-refractivity contribution in [1.82, 2.24) is 5.32 Å². The maximum atomic E-state index is 12.3. The van der Waals surface area contributed by atoms with Crippen molar-refractivity contribution in [3.63, 3.8) is 0 Å². The summed E-state index contributed by atoms with van der Waals surface area (Å²) in [4.78, 5) is 0. The number of hydrogen-bond acceptors (Lipinski definition) is 1. The van der Waals surface area contributed by atoms with Crippen LogP contribution in [0.25, 0.3) is 0 Å². The highest BCUT2D eigenvalue weighted by atomic mass is 19.4. The number of rotatable bonds is 5. The lowest BCUT2D eigenvalue weighted by Crippen LogP contribution is -2.34. The van der Waals surface area contributed by atoms with Gasteiger partial charge in [0.2, 0.25) is 0 Å². The van der Waals surface area contributed by atoms with E-state index in [0.717, 1.165) is 6.54 Å². The van der Waals surface area contributed by atoms with Gasteiger partial charge < -0.3 is 5.32 Å². The van der Waals surface area contributed by atoms with E-state index in [2.05, 4.69) is 33.0 Å². The van der Waals surface area contributed by atoms with Crippen LogP contribution in [0.3, 0.4) is 0 Å². The lowest BCUT2D eigenvalue weighted by molar-refractivity contribution is -0.137. The Hall–Kier alpha value is -0.250. The molecule has 1 nitrogen and oxygen atoms in total. The highest BCUT2D eigenvalue weighted by Crippen LogP contribution is 2.70. The first-order valence-corrected chi connectivity index (χ1v) is 6.34. The lowest BCUT2D eigenvalue weighted by atomic mass is 9.99. The van der Waals surface area contributed by atoms with Crippen molar-refractivity contribution >= 4 is 0 Å². The van der Waals surface area contributed by atoms with Crippen LogP contribution in [-0.2, 0) is 0 Å². The Morgan fingerprint density at radius 2 is 1.59 bits per heavy atom. The van der Waals surface area contributed by atoms with E-state index in [9.17, 15) is 13.2 Å². The molecular weight excluding hydrogens is 227 g/mol.